The van der Waals surface area contributed by atoms with Crippen molar-refractivity contribution in [3.8, 4) is 0 Å². The van der Waals surface area contributed by atoms with Gasteiger partial charge in [-0.3, -0.25) is 9.69 Å². The number of benzene rings is 2. The number of halogens is 2. The Hall–Kier alpha value is -1.75. The summed E-state index contributed by atoms with van der Waals surface area (Å²) in [4.78, 5) is 14.8. The van der Waals surface area contributed by atoms with Crippen LogP contribution in [0.2, 0.25) is 0 Å². The highest BCUT2D eigenvalue weighted by molar-refractivity contribution is 5.96. The van der Waals surface area contributed by atoms with E-state index in [1.54, 1.807) is 6.07 Å². The van der Waals surface area contributed by atoms with Crippen molar-refractivity contribution in [1.82, 2.24) is 10.2 Å². The van der Waals surface area contributed by atoms with Crippen molar-refractivity contribution in [3.63, 3.8) is 0 Å². The number of nitrogens with two attached hydrogens (primary N) is 1. The molecule has 0 aliphatic carbocycles. The van der Waals surface area contributed by atoms with Crippen molar-refractivity contribution < 1.29 is 4.79 Å². The third kappa shape index (κ3) is 5.13. The van der Waals surface area contributed by atoms with Crippen LogP contribution in [0.3, 0.4) is 0 Å². The summed E-state index contributed by atoms with van der Waals surface area (Å²) in [6.07, 6.45) is 1.07. The highest BCUT2D eigenvalue weighted by atomic mass is 35.5. The number of rotatable bonds is 4. The van der Waals surface area contributed by atoms with E-state index in [1.165, 1.54) is 11.1 Å². The molecule has 142 valence electrons. The molecular weight excluding hydrogens is 369 g/mol. The van der Waals surface area contributed by atoms with Gasteiger partial charge in [0.05, 0.1) is 0 Å². The first-order valence-electron chi connectivity index (χ1n) is 8.50. The maximum atomic E-state index is 12.4. The average Bonchev–Trinajstić information content (AvgIpc) is 2.61. The Labute approximate surface area is 168 Å². The molecule has 26 heavy (non-hydrogen) atoms. The Morgan fingerprint density at radius 3 is 2.62 bits per heavy atom. The van der Waals surface area contributed by atoms with Gasteiger partial charge in [0.1, 0.15) is 0 Å². The summed E-state index contributed by atoms with van der Waals surface area (Å²) in [5, 5.41) is 3.05. The van der Waals surface area contributed by atoms with Crippen molar-refractivity contribution in [2.24, 2.45) is 0 Å². The number of hydrogen-bond acceptors (Lipinski definition) is 3. The molecule has 0 aromatic heterocycles. The van der Waals surface area contributed by atoms with Gasteiger partial charge in [0.15, 0.2) is 0 Å². The molecular formula is C20H27Cl2N3O. The Morgan fingerprint density at radius 2 is 1.88 bits per heavy atom. The van der Waals surface area contributed by atoms with Crippen LogP contribution in [0, 0.1) is 6.92 Å². The number of anilines is 1. The molecule has 0 spiro atoms. The van der Waals surface area contributed by atoms with Crippen molar-refractivity contribution >= 4 is 36.4 Å². The smallest absolute Gasteiger partial charge is 0.251 e. The number of carbonyl (C=O) groups excluding carboxylic acids is 1. The molecule has 1 heterocycles. The van der Waals surface area contributed by atoms with Crippen LogP contribution in [0.4, 0.5) is 5.69 Å². The van der Waals surface area contributed by atoms with Crippen LogP contribution in [0.25, 0.3) is 0 Å². The Bertz CT molecular complexity index is 752. The van der Waals surface area contributed by atoms with Crippen molar-refractivity contribution in [2.75, 3.05) is 18.8 Å². The number of fused-ring (bicyclic) bond motifs is 1. The summed E-state index contributed by atoms with van der Waals surface area (Å²) in [7, 11) is 0. The monoisotopic (exact) mass is 395 g/mol. The zero-order chi connectivity index (χ0) is 17.1. The molecule has 0 radical (unpaired) electrons. The normalized spacial score (nSPS) is 14.4. The van der Waals surface area contributed by atoms with E-state index >= 15 is 0 Å². The summed E-state index contributed by atoms with van der Waals surface area (Å²) in [5.41, 5.74) is 10.9. The predicted molar refractivity (Wildman–Crippen MR) is 112 cm³/mol. The fourth-order valence-corrected chi connectivity index (χ4v) is 3.24. The maximum Gasteiger partial charge on any atom is 0.251 e. The van der Waals surface area contributed by atoms with Gasteiger partial charge in [-0.05, 0) is 49.1 Å². The van der Waals surface area contributed by atoms with E-state index in [4.69, 9.17) is 5.73 Å². The van der Waals surface area contributed by atoms with Crippen LogP contribution in [-0.4, -0.2) is 29.9 Å². The summed E-state index contributed by atoms with van der Waals surface area (Å²) in [5.74, 6) is -0.0518. The largest absolute Gasteiger partial charge is 0.399 e. The number of nitrogens with one attached hydrogen (secondary N) is 1. The topological polar surface area (TPSA) is 58.4 Å². The minimum Gasteiger partial charge on any atom is -0.399 e. The Morgan fingerprint density at radius 1 is 1.19 bits per heavy atom. The van der Waals surface area contributed by atoms with Gasteiger partial charge >= 0.3 is 0 Å². The highest BCUT2D eigenvalue weighted by Crippen LogP contribution is 2.20. The third-order valence-electron chi connectivity index (χ3n) is 4.85. The highest BCUT2D eigenvalue weighted by Gasteiger charge is 2.21. The molecule has 4 nitrogen and oxygen atoms in total. The van der Waals surface area contributed by atoms with E-state index < -0.39 is 0 Å². The van der Waals surface area contributed by atoms with Gasteiger partial charge in [-0.1, -0.05) is 30.3 Å². The molecule has 0 bridgehead atoms. The lowest BCUT2D eigenvalue weighted by Gasteiger charge is -2.33. The van der Waals surface area contributed by atoms with Gasteiger partial charge in [-0.2, -0.15) is 0 Å². The van der Waals surface area contributed by atoms with E-state index in [-0.39, 0.29) is 30.7 Å². The summed E-state index contributed by atoms with van der Waals surface area (Å²) < 4.78 is 0. The molecule has 3 rings (SSSR count). The molecule has 6 heteroatoms. The molecule has 1 aliphatic heterocycles. The van der Waals surface area contributed by atoms with Crippen LogP contribution in [0.15, 0.2) is 42.5 Å². The average molecular weight is 396 g/mol. The standard InChI is InChI=1S/C20H25N3O.2ClH/c1-14-7-8-18(21)11-19(14)20(24)22-12-15(2)23-10-9-16-5-3-4-6-17(16)13-23;;/h3-8,11,15H,9-10,12-13,21H2,1-2H3,(H,22,24);2*1H. The van der Waals surface area contributed by atoms with Crippen molar-refractivity contribution in [1.29, 1.82) is 0 Å². The van der Waals surface area contributed by atoms with Crippen LogP contribution >= 0.6 is 24.8 Å². The molecule has 3 N–H and O–H groups in total. The summed E-state index contributed by atoms with van der Waals surface area (Å²) >= 11 is 0. The first-order valence-corrected chi connectivity index (χ1v) is 8.50. The lowest BCUT2D eigenvalue weighted by molar-refractivity contribution is 0.0932. The fraction of sp³-hybridized carbons (Fsp3) is 0.350. The number of amides is 1. The Kier molecular flexibility index (Phi) is 8.41. The van der Waals surface area contributed by atoms with Gasteiger partial charge in [-0.25, -0.2) is 0 Å². The zero-order valence-corrected chi connectivity index (χ0v) is 16.8. The van der Waals surface area contributed by atoms with Crippen LogP contribution in [0.1, 0.15) is 34.0 Å². The lowest BCUT2D eigenvalue weighted by Crippen LogP contribution is -2.44. The second kappa shape index (κ2) is 9.81. The number of hydrogen-bond donors (Lipinski definition) is 2. The van der Waals surface area contributed by atoms with Crippen LogP contribution in [-0.2, 0) is 13.0 Å². The Balaban J connectivity index is 0.00000169. The van der Waals surface area contributed by atoms with E-state index in [0.29, 0.717) is 23.8 Å². The summed E-state index contributed by atoms with van der Waals surface area (Å²) in [6, 6.07) is 14.3. The number of nitrogens with zero attached hydrogens (tertiary/aromatic N) is 1. The molecule has 0 saturated carbocycles. The third-order valence-corrected chi connectivity index (χ3v) is 4.85. The second-order valence-electron chi connectivity index (χ2n) is 6.62. The van der Waals surface area contributed by atoms with Crippen LogP contribution in [0.5, 0.6) is 0 Å². The molecule has 0 saturated heterocycles. The maximum absolute atomic E-state index is 12.4. The fourth-order valence-electron chi connectivity index (χ4n) is 3.24. The molecule has 2 aromatic carbocycles. The predicted octanol–water partition coefficient (Wildman–Crippen LogP) is 3.60. The van der Waals surface area contributed by atoms with Crippen molar-refractivity contribution in [3.05, 3.63) is 64.7 Å². The van der Waals surface area contributed by atoms with Crippen molar-refractivity contribution in [2.45, 2.75) is 32.9 Å². The SMILES string of the molecule is Cc1ccc(N)cc1C(=O)NCC(C)N1CCc2ccccc2C1.Cl.Cl. The van der Waals surface area contributed by atoms with Gasteiger partial charge in [0, 0.05) is 36.9 Å². The first-order chi connectivity index (χ1) is 11.5. The molecule has 1 unspecified atom stereocenters. The zero-order valence-electron chi connectivity index (χ0n) is 15.2. The number of carbonyl (C=O) groups is 1. The van der Waals surface area contributed by atoms with E-state index in [9.17, 15) is 4.79 Å². The molecule has 0 fully saturated rings. The van der Waals surface area contributed by atoms with E-state index in [2.05, 4.69) is 41.4 Å². The first kappa shape index (κ1) is 22.3. The molecule has 1 atom stereocenters. The van der Waals surface area contributed by atoms with Gasteiger partial charge in [0.25, 0.3) is 5.91 Å². The van der Waals surface area contributed by atoms with Gasteiger partial charge in [0.2, 0.25) is 0 Å². The molecule has 1 amide bonds. The number of aryl methyl sites for hydroxylation is 1. The minimum atomic E-state index is -0.0518. The van der Waals surface area contributed by atoms with E-state index in [0.717, 1.165) is 25.1 Å². The van der Waals surface area contributed by atoms with E-state index in [1.807, 2.05) is 19.1 Å². The van der Waals surface area contributed by atoms with Crippen LogP contribution < -0.4 is 11.1 Å². The van der Waals surface area contributed by atoms with Gasteiger partial charge in [-0.15, -0.1) is 24.8 Å². The molecule has 1 aliphatic rings. The summed E-state index contributed by atoms with van der Waals surface area (Å²) in [6.45, 7) is 6.71. The molecule has 2 aromatic rings. The minimum absolute atomic E-state index is 0. The van der Waals surface area contributed by atoms with Gasteiger partial charge < -0.3 is 11.1 Å². The second-order valence-corrected chi connectivity index (χ2v) is 6.62. The number of nitrogen functional groups attached to an aromatic ring is 1. The lowest BCUT2D eigenvalue weighted by atomic mass is 9.99. The quantitative estimate of drug-likeness (QED) is 0.777.